The second-order valence-electron chi connectivity index (χ2n) is 7.21. The van der Waals surface area contributed by atoms with Crippen molar-refractivity contribution in [2.45, 2.75) is 44.0 Å². The molecular weight excluding hydrogens is 374 g/mol. The number of piperidine rings is 1. The molecule has 0 radical (unpaired) electrons. The van der Waals surface area contributed by atoms with E-state index in [4.69, 9.17) is 0 Å². The van der Waals surface area contributed by atoms with Gasteiger partial charge >= 0.3 is 0 Å². The van der Waals surface area contributed by atoms with Gasteiger partial charge in [0.15, 0.2) is 0 Å². The van der Waals surface area contributed by atoms with Crippen molar-refractivity contribution in [2.24, 2.45) is 0 Å². The lowest BCUT2D eigenvalue weighted by molar-refractivity contribution is -0.117. The van der Waals surface area contributed by atoms with Crippen LogP contribution in [0.3, 0.4) is 0 Å². The van der Waals surface area contributed by atoms with Gasteiger partial charge in [0.2, 0.25) is 15.9 Å². The maximum atomic E-state index is 12.7. The average Bonchev–Trinajstić information content (AvgIpc) is 2.69. The van der Waals surface area contributed by atoms with Crippen molar-refractivity contribution in [3.05, 3.63) is 54.1 Å². The van der Waals surface area contributed by atoms with Gasteiger partial charge < -0.3 is 10.2 Å². The molecule has 0 aromatic heterocycles. The lowest BCUT2D eigenvalue weighted by Crippen LogP contribution is -2.41. The first kappa shape index (κ1) is 20.4. The SMILES string of the molecule is Cc1ccc(S(=O)(=O)NC(C)C(=O)Nc2ccccc2N2CCCCC2)cc1. The van der Waals surface area contributed by atoms with Gasteiger partial charge in [-0.1, -0.05) is 29.8 Å². The Morgan fingerprint density at radius 3 is 2.32 bits per heavy atom. The normalized spacial score (nSPS) is 15.9. The predicted octanol–water partition coefficient (Wildman–Crippen LogP) is 3.29. The Morgan fingerprint density at radius 1 is 1.00 bits per heavy atom. The second kappa shape index (κ2) is 8.75. The van der Waals surface area contributed by atoms with Crippen LogP contribution in [0.15, 0.2) is 53.4 Å². The zero-order valence-corrected chi connectivity index (χ0v) is 17.1. The number of nitrogens with one attached hydrogen (secondary N) is 2. The minimum atomic E-state index is -3.77. The van der Waals surface area contributed by atoms with Crippen LogP contribution in [0.5, 0.6) is 0 Å². The number of para-hydroxylation sites is 2. The molecule has 6 nitrogen and oxygen atoms in total. The Bertz CT molecular complexity index is 920. The third kappa shape index (κ3) is 4.91. The molecule has 150 valence electrons. The number of rotatable bonds is 6. The smallest absolute Gasteiger partial charge is 0.242 e. The molecule has 0 spiro atoms. The first-order chi connectivity index (χ1) is 13.4. The van der Waals surface area contributed by atoms with Crippen LogP contribution in [0, 0.1) is 6.92 Å². The predicted molar refractivity (Wildman–Crippen MR) is 112 cm³/mol. The summed E-state index contributed by atoms with van der Waals surface area (Å²) in [7, 11) is -3.77. The molecule has 0 bridgehead atoms. The monoisotopic (exact) mass is 401 g/mol. The molecule has 2 aromatic rings. The molecule has 1 amide bonds. The molecule has 1 saturated heterocycles. The fourth-order valence-corrected chi connectivity index (χ4v) is 4.51. The fourth-order valence-electron chi connectivity index (χ4n) is 3.30. The molecule has 1 aliphatic rings. The zero-order valence-electron chi connectivity index (χ0n) is 16.3. The fraction of sp³-hybridized carbons (Fsp3) is 0.381. The lowest BCUT2D eigenvalue weighted by atomic mass is 10.1. The van der Waals surface area contributed by atoms with E-state index in [1.165, 1.54) is 18.6 Å². The number of hydrogen-bond donors (Lipinski definition) is 2. The van der Waals surface area contributed by atoms with E-state index in [1.807, 2.05) is 31.2 Å². The molecule has 0 saturated carbocycles. The largest absolute Gasteiger partial charge is 0.370 e. The van der Waals surface area contributed by atoms with Crippen LogP contribution < -0.4 is 14.9 Å². The average molecular weight is 402 g/mol. The Balaban J connectivity index is 1.70. The highest BCUT2D eigenvalue weighted by atomic mass is 32.2. The van der Waals surface area contributed by atoms with Crippen molar-refractivity contribution < 1.29 is 13.2 Å². The Labute approximate surface area is 167 Å². The quantitative estimate of drug-likeness (QED) is 0.779. The van der Waals surface area contributed by atoms with E-state index in [9.17, 15) is 13.2 Å². The van der Waals surface area contributed by atoms with Crippen molar-refractivity contribution in [3.8, 4) is 0 Å². The lowest BCUT2D eigenvalue weighted by Gasteiger charge is -2.30. The van der Waals surface area contributed by atoms with Gasteiger partial charge in [-0.15, -0.1) is 0 Å². The van der Waals surface area contributed by atoms with Crippen LogP contribution >= 0.6 is 0 Å². The van der Waals surface area contributed by atoms with Gasteiger partial charge in [0.25, 0.3) is 0 Å². The number of benzene rings is 2. The maximum Gasteiger partial charge on any atom is 0.242 e. The molecule has 7 heteroatoms. The summed E-state index contributed by atoms with van der Waals surface area (Å²) in [5.41, 5.74) is 2.65. The van der Waals surface area contributed by atoms with Crippen molar-refractivity contribution in [1.82, 2.24) is 4.72 Å². The van der Waals surface area contributed by atoms with E-state index < -0.39 is 16.1 Å². The van der Waals surface area contributed by atoms with Gasteiger partial charge in [0.1, 0.15) is 0 Å². The molecule has 28 heavy (non-hydrogen) atoms. The number of carbonyl (C=O) groups is 1. The molecule has 2 aromatic carbocycles. The minimum absolute atomic E-state index is 0.145. The molecular formula is C21H27N3O3S. The second-order valence-corrected chi connectivity index (χ2v) is 8.92. The minimum Gasteiger partial charge on any atom is -0.370 e. The molecule has 1 fully saturated rings. The van der Waals surface area contributed by atoms with Gasteiger partial charge in [0.05, 0.1) is 22.3 Å². The number of aryl methyl sites for hydroxylation is 1. The first-order valence-electron chi connectivity index (χ1n) is 9.61. The zero-order chi connectivity index (χ0) is 20.1. The summed E-state index contributed by atoms with van der Waals surface area (Å²) < 4.78 is 27.5. The number of sulfonamides is 1. The number of carbonyl (C=O) groups excluding carboxylic acids is 1. The Hall–Kier alpha value is -2.38. The van der Waals surface area contributed by atoms with E-state index >= 15 is 0 Å². The topological polar surface area (TPSA) is 78.5 Å². The van der Waals surface area contributed by atoms with Gasteiger partial charge in [0, 0.05) is 13.1 Å². The van der Waals surface area contributed by atoms with Crippen molar-refractivity contribution >= 4 is 27.3 Å². The summed E-state index contributed by atoms with van der Waals surface area (Å²) in [6.07, 6.45) is 3.49. The number of nitrogens with zero attached hydrogens (tertiary/aromatic N) is 1. The molecule has 1 aliphatic heterocycles. The van der Waals surface area contributed by atoms with E-state index in [0.29, 0.717) is 5.69 Å². The van der Waals surface area contributed by atoms with Crippen LogP contribution in [0.25, 0.3) is 0 Å². The summed E-state index contributed by atoms with van der Waals surface area (Å²) in [4.78, 5) is 15.1. The summed E-state index contributed by atoms with van der Waals surface area (Å²) in [6, 6.07) is 13.3. The highest BCUT2D eigenvalue weighted by Gasteiger charge is 2.23. The van der Waals surface area contributed by atoms with Crippen LogP contribution in [0.1, 0.15) is 31.7 Å². The van der Waals surface area contributed by atoms with Gasteiger partial charge in [-0.25, -0.2) is 8.42 Å². The maximum absolute atomic E-state index is 12.7. The molecule has 0 aliphatic carbocycles. The highest BCUT2D eigenvalue weighted by molar-refractivity contribution is 7.89. The van der Waals surface area contributed by atoms with E-state index in [1.54, 1.807) is 19.1 Å². The first-order valence-corrected chi connectivity index (χ1v) is 11.1. The summed E-state index contributed by atoms with van der Waals surface area (Å²) in [6.45, 7) is 5.36. The number of amides is 1. The van der Waals surface area contributed by atoms with E-state index in [-0.39, 0.29) is 10.8 Å². The van der Waals surface area contributed by atoms with E-state index in [2.05, 4.69) is 14.9 Å². The van der Waals surface area contributed by atoms with Gasteiger partial charge in [-0.05, 0) is 57.4 Å². The molecule has 1 heterocycles. The van der Waals surface area contributed by atoms with Crippen LogP contribution in [-0.2, 0) is 14.8 Å². The molecule has 1 atom stereocenters. The summed E-state index contributed by atoms with van der Waals surface area (Å²) in [5.74, 6) is -0.389. The van der Waals surface area contributed by atoms with Crippen LogP contribution in [0.2, 0.25) is 0 Å². The highest BCUT2D eigenvalue weighted by Crippen LogP contribution is 2.28. The number of hydrogen-bond acceptors (Lipinski definition) is 4. The standard InChI is InChI=1S/C21H27N3O3S/c1-16-10-12-18(13-11-16)28(26,27)23-17(2)21(25)22-19-8-4-5-9-20(19)24-14-6-3-7-15-24/h4-5,8-13,17,23H,3,6-7,14-15H2,1-2H3,(H,22,25). The van der Waals surface area contributed by atoms with Crippen molar-refractivity contribution in [2.75, 3.05) is 23.3 Å². The van der Waals surface area contributed by atoms with Gasteiger partial charge in [-0.2, -0.15) is 4.72 Å². The van der Waals surface area contributed by atoms with Crippen molar-refractivity contribution in [3.63, 3.8) is 0 Å². The number of anilines is 2. The van der Waals surface area contributed by atoms with Crippen LogP contribution in [0.4, 0.5) is 11.4 Å². The van der Waals surface area contributed by atoms with Gasteiger partial charge in [-0.3, -0.25) is 4.79 Å². The molecule has 3 rings (SSSR count). The van der Waals surface area contributed by atoms with Crippen LogP contribution in [-0.4, -0.2) is 33.5 Å². The van der Waals surface area contributed by atoms with Crippen molar-refractivity contribution in [1.29, 1.82) is 0 Å². The Kier molecular flexibility index (Phi) is 6.36. The summed E-state index contributed by atoms with van der Waals surface area (Å²) in [5, 5.41) is 2.88. The van der Waals surface area contributed by atoms with E-state index in [0.717, 1.165) is 37.2 Å². The molecule has 2 N–H and O–H groups in total. The third-order valence-electron chi connectivity index (χ3n) is 4.92. The Morgan fingerprint density at radius 2 is 1.64 bits per heavy atom. The third-order valence-corrected chi connectivity index (χ3v) is 6.47. The summed E-state index contributed by atoms with van der Waals surface area (Å²) >= 11 is 0. The molecule has 1 unspecified atom stereocenters.